The van der Waals surface area contributed by atoms with Crippen molar-refractivity contribution in [1.82, 2.24) is 0 Å². The molecule has 0 aromatic heterocycles. The predicted molar refractivity (Wildman–Crippen MR) is 95.8 cm³/mol. The molecule has 5 heteroatoms. The number of rotatable bonds is 3. The van der Waals surface area contributed by atoms with Gasteiger partial charge in [-0.05, 0) is 74.2 Å². The van der Waals surface area contributed by atoms with E-state index in [0.29, 0.717) is 30.6 Å². The average molecular weight is 397 g/mol. The Morgan fingerprint density at radius 2 is 2.00 bits per heavy atom. The molecule has 0 heterocycles. The molecule has 4 nitrogen and oxygen atoms in total. The molecule has 27 heavy (non-hydrogen) atoms. The summed E-state index contributed by atoms with van der Waals surface area (Å²) in [5.74, 6) is 0.461. The van der Waals surface area contributed by atoms with E-state index in [4.69, 9.17) is 0 Å². The third kappa shape index (κ3) is 3.30. The molecule has 0 saturated heterocycles. The van der Waals surface area contributed by atoms with Gasteiger partial charge >= 0.3 is 51.4 Å². The molecular formula is C22H29KO4. The van der Waals surface area contributed by atoms with E-state index in [1.54, 1.807) is 0 Å². The zero-order valence-electron chi connectivity index (χ0n) is 16.8. The van der Waals surface area contributed by atoms with Gasteiger partial charge in [-0.2, -0.15) is 0 Å². The summed E-state index contributed by atoms with van der Waals surface area (Å²) in [5, 5.41) is 22.3. The van der Waals surface area contributed by atoms with Crippen molar-refractivity contribution in [2.24, 2.45) is 28.6 Å². The van der Waals surface area contributed by atoms with Gasteiger partial charge in [0.2, 0.25) is 0 Å². The maximum absolute atomic E-state index is 11.9. The molecule has 4 aliphatic rings. The average Bonchev–Trinajstić information content (AvgIpc) is 2.86. The second-order valence-corrected chi connectivity index (χ2v) is 9.47. The first kappa shape index (κ1) is 21.9. The van der Waals surface area contributed by atoms with Crippen LogP contribution in [0.2, 0.25) is 0 Å². The van der Waals surface area contributed by atoms with E-state index in [9.17, 15) is 19.8 Å². The summed E-state index contributed by atoms with van der Waals surface area (Å²) >= 11 is 0. The molecule has 0 radical (unpaired) electrons. The Hall–Kier alpha value is 0.216. The van der Waals surface area contributed by atoms with Crippen molar-refractivity contribution in [3.8, 4) is 0 Å². The monoisotopic (exact) mass is 396 g/mol. The minimum absolute atomic E-state index is 0. The summed E-state index contributed by atoms with van der Waals surface area (Å²) in [7, 11) is 0. The van der Waals surface area contributed by atoms with Gasteiger partial charge in [0.1, 0.15) is 0 Å². The maximum Gasteiger partial charge on any atom is 1.00 e. The van der Waals surface area contributed by atoms with Crippen LogP contribution in [-0.4, -0.2) is 22.5 Å². The Kier molecular flexibility index (Phi) is 6.07. The second kappa shape index (κ2) is 7.48. The zero-order chi connectivity index (χ0) is 18.7. The fraction of sp³-hybridized carbons (Fsp3) is 0.727. The number of carbonyl (C=O) groups excluding carboxylic acids is 2. The summed E-state index contributed by atoms with van der Waals surface area (Å²) in [5.41, 5.74) is 0.0404. The van der Waals surface area contributed by atoms with Gasteiger partial charge in [-0.15, -0.1) is 0 Å². The molecule has 0 unspecified atom stereocenters. The summed E-state index contributed by atoms with van der Waals surface area (Å²) in [6, 6.07) is 0. The number of ketones is 1. The molecular weight excluding hydrogens is 367 g/mol. The standard InChI is InChI=1S/C22H30O4.K/c1-20-9-5-15(23)13-14(20)3-4-16-17(20)6-10-21(2)18(16)7-11-22(21,26)12-8-19(24)25;/h6,10,13,16-18,26H,3-5,7-9,11-12H2,1-2H3,(H,24,25);/q;+1/p-1/t16-,17+,18+,20+,21+,22+;/m1./s1. The Morgan fingerprint density at radius 3 is 2.70 bits per heavy atom. The zero-order valence-corrected chi connectivity index (χ0v) is 19.9. The van der Waals surface area contributed by atoms with Gasteiger partial charge in [0.05, 0.1) is 5.60 Å². The van der Waals surface area contributed by atoms with E-state index in [0.717, 1.165) is 25.7 Å². The van der Waals surface area contributed by atoms with E-state index in [1.807, 2.05) is 6.08 Å². The van der Waals surface area contributed by atoms with E-state index < -0.39 is 11.6 Å². The molecule has 0 aromatic carbocycles. The Balaban J connectivity index is 0.00000210. The Labute approximate surface area is 204 Å². The van der Waals surface area contributed by atoms with Gasteiger partial charge in [-0.1, -0.05) is 31.6 Å². The van der Waals surface area contributed by atoms with Gasteiger partial charge in [-0.25, -0.2) is 0 Å². The Bertz CT molecular complexity index is 713. The third-order valence-electron chi connectivity index (χ3n) is 8.45. The molecule has 4 aliphatic carbocycles. The number of carboxylic acid groups (broad SMARTS) is 1. The summed E-state index contributed by atoms with van der Waals surface area (Å²) in [6.07, 6.45) is 11.7. The number of carbonyl (C=O) groups is 2. The van der Waals surface area contributed by atoms with Crippen molar-refractivity contribution in [3.05, 3.63) is 23.8 Å². The van der Waals surface area contributed by atoms with E-state index in [-0.39, 0.29) is 80.8 Å². The van der Waals surface area contributed by atoms with E-state index in [2.05, 4.69) is 26.0 Å². The van der Waals surface area contributed by atoms with Gasteiger partial charge in [-0.3, -0.25) is 4.79 Å². The van der Waals surface area contributed by atoms with Crippen molar-refractivity contribution in [2.45, 2.75) is 70.8 Å². The smallest absolute Gasteiger partial charge is 0.550 e. The summed E-state index contributed by atoms with van der Waals surface area (Å²) in [6.45, 7) is 4.43. The second-order valence-electron chi connectivity index (χ2n) is 9.47. The molecule has 142 valence electrons. The summed E-state index contributed by atoms with van der Waals surface area (Å²) < 4.78 is 0. The molecule has 0 aromatic rings. The van der Waals surface area contributed by atoms with Crippen LogP contribution in [0.15, 0.2) is 23.8 Å². The van der Waals surface area contributed by atoms with Gasteiger partial charge in [0.25, 0.3) is 0 Å². The van der Waals surface area contributed by atoms with Crippen LogP contribution < -0.4 is 56.5 Å². The first-order chi connectivity index (χ1) is 12.2. The van der Waals surface area contributed by atoms with Crippen molar-refractivity contribution in [3.63, 3.8) is 0 Å². The van der Waals surface area contributed by atoms with Crippen LogP contribution in [0.1, 0.15) is 65.2 Å². The topological polar surface area (TPSA) is 77.4 Å². The molecule has 4 rings (SSSR count). The number of carboxylic acids is 1. The number of hydrogen-bond donors (Lipinski definition) is 1. The number of hydrogen-bond acceptors (Lipinski definition) is 4. The van der Waals surface area contributed by atoms with Crippen LogP contribution in [0.4, 0.5) is 0 Å². The van der Waals surface area contributed by atoms with Crippen molar-refractivity contribution in [1.29, 1.82) is 0 Å². The quantitative estimate of drug-likeness (QED) is 0.518. The van der Waals surface area contributed by atoms with Crippen LogP contribution >= 0.6 is 0 Å². The van der Waals surface area contributed by atoms with Crippen molar-refractivity contribution < 1.29 is 71.2 Å². The molecule has 6 atom stereocenters. The minimum atomic E-state index is -1.09. The van der Waals surface area contributed by atoms with Gasteiger partial charge in [0, 0.05) is 17.8 Å². The first-order valence-corrected chi connectivity index (χ1v) is 10.1. The molecule has 0 amide bonds. The molecule has 1 N–H and O–H groups in total. The number of aliphatic hydroxyl groups is 1. The third-order valence-corrected chi connectivity index (χ3v) is 8.45. The van der Waals surface area contributed by atoms with E-state index in [1.165, 1.54) is 5.57 Å². The van der Waals surface area contributed by atoms with Gasteiger partial charge < -0.3 is 15.0 Å². The van der Waals surface area contributed by atoms with Crippen LogP contribution in [0.5, 0.6) is 0 Å². The number of allylic oxidation sites excluding steroid dienone is 3. The number of aliphatic carboxylic acids is 1. The predicted octanol–water partition coefficient (Wildman–Crippen LogP) is -0.440. The van der Waals surface area contributed by atoms with Crippen molar-refractivity contribution in [2.75, 3.05) is 0 Å². The fourth-order valence-corrected chi connectivity index (χ4v) is 6.75. The Morgan fingerprint density at radius 1 is 1.26 bits per heavy atom. The largest absolute Gasteiger partial charge is 1.00 e. The molecule has 2 fully saturated rings. The minimum Gasteiger partial charge on any atom is -0.550 e. The first-order valence-electron chi connectivity index (χ1n) is 10.1. The summed E-state index contributed by atoms with van der Waals surface area (Å²) in [4.78, 5) is 22.8. The molecule has 0 bridgehead atoms. The van der Waals surface area contributed by atoms with Crippen LogP contribution in [0.3, 0.4) is 0 Å². The molecule has 0 spiro atoms. The van der Waals surface area contributed by atoms with E-state index >= 15 is 0 Å². The van der Waals surface area contributed by atoms with Crippen molar-refractivity contribution >= 4 is 11.8 Å². The SMILES string of the molecule is C[C@]12CCC(=O)C=C1CC[C@@H]1[C@@H]2C=C[C@@]2(C)[C@H]1CC[C@]2(O)CCC(=O)[O-].[K+]. The van der Waals surface area contributed by atoms with Crippen LogP contribution in [0, 0.1) is 28.6 Å². The van der Waals surface area contributed by atoms with Crippen LogP contribution in [0.25, 0.3) is 0 Å². The van der Waals surface area contributed by atoms with Crippen LogP contribution in [-0.2, 0) is 9.59 Å². The van der Waals surface area contributed by atoms with Gasteiger partial charge in [0.15, 0.2) is 5.78 Å². The molecule has 0 aliphatic heterocycles. The maximum atomic E-state index is 11.9. The fourth-order valence-electron chi connectivity index (χ4n) is 6.75. The normalized spacial score (nSPS) is 45.2. The number of fused-ring (bicyclic) bond motifs is 5. The molecule has 2 saturated carbocycles.